The number of methoxy groups -OCH3 is 2. The van der Waals surface area contributed by atoms with Crippen molar-refractivity contribution in [3.8, 4) is 0 Å². The van der Waals surface area contributed by atoms with Crippen LogP contribution in [0.25, 0.3) is 0 Å². The molecule has 0 bridgehead atoms. The van der Waals surface area contributed by atoms with E-state index in [-0.39, 0.29) is 5.92 Å². The summed E-state index contributed by atoms with van der Waals surface area (Å²) in [6.07, 6.45) is -0.870. The molecule has 0 saturated carbocycles. The summed E-state index contributed by atoms with van der Waals surface area (Å²) >= 11 is 0. The van der Waals surface area contributed by atoms with E-state index in [2.05, 4.69) is 4.74 Å². The molecule has 0 radical (unpaired) electrons. The molecule has 0 aromatic heterocycles. The first kappa shape index (κ1) is 12.4. The molecule has 1 N–H and O–H groups in total. The molecule has 0 aliphatic heterocycles. The lowest BCUT2D eigenvalue weighted by Gasteiger charge is -2.32. The van der Waals surface area contributed by atoms with Crippen LogP contribution in [-0.4, -0.2) is 37.0 Å². The molecule has 0 fully saturated rings. The summed E-state index contributed by atoms with van der Waals surface area (Å²) in [5.41, 5.74) is -1.27. The number of aliphatic hydroxyl groups is 1. The van der Waals surface area contributed by atoms with Crippen molar-refractivity contribution in [2.75, 3.05) is 14.2 Å². The van der Waals surface area contributed by atoms with Gasteiger partial charge in [0.15, 0.2) is 5.60 Å². The Morgan fingerprint density at radius 2 is 1.85 bits per heavy atom. The van der Waals surface area contributed by atoms with Crippen LogP contribution in [0.3, 0.4) is 0 Å². The summed E-state index contributed by atoms with van der Waals surface area (Å²) in [6, 6.07) is 0. The second kappa shape index (κ2) is 4.58. The Balaban J connectivity index is 4.71. The summed E-state index contributed by atoms with van der Waals surface area (Å²) in [6.45, 7) is 5.14. The average Bonchev–Trinajstić information content (AvgIpc) is 2.13. The van der Waals surface area contributed by atoms with Gasteiger partial charge in [0.25, 0.3) is 0 Å². The Morgan fingerprint density at radius 1 is 1.38 bits per heavy atom. The maximum Gasteiger partial charge on any atom is 0.340 e. The van der Waals surface area contributed by atoms with Gasteiger partial charge in [-0.15, -0.1) is 0 Å². The van der Waals surface area contributed by atoms with Crippen molar-refractivity contribution in [2.45, 2.75) is 32.5 Å². The molecule has 4 heteroatoms. The quantitative estimate of drug-likeness (QED) is 0.659. The Labute approximate surface area is 78.8 Å². The topological polar surface area (TPSA) is 55.8 Å². The summed E-state index contributed by atoms with van der Waals surface area (Å²) in [5, 5.41) is 9.72. The normalized spacial score (nSPS) is 18.1. The highest BCUT2D eigenvalue weighted by Gasteiger charge is 2.43. The molecule has 0 unspecified atom stereocenters. The third kappa shape index (κ3) is 2.42. The number of hydrogen-bond donors (Lipinski definition) is 1. The number of ether oxygens (including phenoxy) is 2. The lowest BCUT2D eigenvalue weighted by Crippen LogP contribution is -2.51. The number of carbonyl (C=O) groups is 1. The lowest BCUT2D eigenvalue weighted by atomic mass is 9.90. The zero-order valence-corrected chi connectivity index (χ0v) is 8.83. The molecule has 0 amide bonds. The highest BCUT2D eigenvalue weighted by molar-refractivity contribution is 5.79. The summed E-state index contributed by atoms with van der Waals surface area (Å²) in [7, 11) is 2.65. The minimum atomic E-state index is -1.27. The Morgan fingerprint density at radius 3 is 2.08 bits per heavy atom. The molecule has 4 nitrogen and oxygen atoms in total. The molecule has 0 rings (SSSR count). The molecule has 0 aromatic rings. The van der Waals surface area contributed by atoms with Gasteiger partial charge < -0.3 is 14.6 Å². The minimum Gasteiger partial charge on any atom is -0.467 e. The number of rotatable bonds is 4. The minimum absolute atomic E-state index is 0.0657. The van der Waals surface area contributed by atoms with E-state index >= 15 is 0 Å². The van der Waals surface area contributed by atoms with Gasteiger partial charge in [0.2, 0.25) is 0 Å². The van der Waals surface area contributed by atoms with Crippen molar-refractivity contribution in [1.82, 2.24) is 0 Å². The SMILES string of the molecule is COC(=O)[C@@](C)(OC)[C@@H](O)C(C)C. The maximum absolute atomic E-state index is 11.3. The average molecular weight is 190 g/mol. The lowest BCUT2D eigenvalue weighted by molar-refractivity contribution is -0.181. The van der Waals surface area contributed by atoms with Gasteiger partial charge in [0, 0.05) is 7.11 Å². The third-order valence-electron chi connectivity index (χ3n) is 2.21. The predicted octanol–water partition coefficient (Wildman–Crippen LogP) is 0.581. The number of aliphatic hydroxyl groups excluding tert-OH is 1. The van der Waals surface area contributed by atoms with Gasteiger partial charge in [-0.1, -0.05) is 13.8 Å². The zero-order chi connectivity index (χ0) is 10.6. The van der Waals surface area contributed by atoms with Crippen LogP contribution in [0.2, 0.25) is 0 Å². The maximum atomic E-state index is 11.3. The van der Waals surface area contributed by atoms with Gasteiger partial charge >= 0.3 is 5.97 Å². The van der Waals surface area contributed by atoms with Crippen LogP contribution in [0, 0.1) is 5.92 Å². The van der Waals surface area contributed by atoms with E-state index in [0.717, 1.165) is 0 Å². The van der Waals surface area contributed by atoms with Crippen molar-refractivity contribution in [3.05, 3.63) is 0 Å². The van der Waals surface area contributed by atoms with Gasteiger partial charge in [-0.25, -0.2) is 4.79 Å². The van der Waals surface area contributed by atoms with Crippen molar-refractivity contribution >= 4 is 5.97 Å². The molecule has 78 valence electrons. The highest BCUT2D eigenvalue weighted by atomic mass is 16.6. The van der Waals surface area contributed by atoms with E-state index in [1.54, 1.807) is 0 Å². The molecule has 0 aliphatic carbocycles. The number of carbonyl (C=O) groups excluding carboxylic acids is 1. The fraction of sp³-hybridized carbons (Fsp3) is 0.889. The first-order valence-electron chi connectivity index (χ1n) is 4.21. The Bertz CT molecular complexity index is 178. The number of hydrogen-bond acceptors (Lipinski definition) is 4. The van der Waals surface area contributed by atoms with Crippen molar-refractivity contribution in [2.24, 2.45) is 5.92 Å². The van der Waals surface area contributed by atoms with E-state index in [0.29, 0.717) is 0 Å². The largest absolute Gasteiger partial charge is 0.467 e. The predicted molar refractivity (Wildman–Crippen MR) is 48.3 cm³/mol. The van der Waals surface area contributed by atoms with E-state index in [4.69, 9.17) is 4.74 Å². The van der Waals surface area contributed by atoms with Crippen LogP contribution in [0.1, 0.15) is 20.8 Å². The van der Waals surface area contributed by atoms with E-state index in [1.165, 1.54) is 21.1 Å². The second-order valence-corrected chi connectivity index (χ2v) is 3.49. The van der Waals surface area contributed by atoms with E-state index in [9.17, 15) is 9.90 Å². The first-order valence-corrected chi connectivity index (χ1v) is 4.21. The standard InChI is InChI=1S/C9H18O4/c1-6(2)7(10)9(3,13-5)8(11)12-4/h6-7,10H,1-5H3/t7-,9-/m0/s1. The summed E-state index contributed by atoms with van der Waals surface area (Å²) < 4.78 is 9.54. The first-order chi connectivity index (χ1) is 5.90. The monoisotopic (exact) mass is 190 g/mol. The fourth-order valence-corrected chi connectivity index (χ4v) is 1.16. The van der Waals surface area contributed by atoms with Crippen LogP contribution in [0.15, 0.2) is 0 Å². The second-order valence-electron chi connectivity index (χ2n) is 3.49. The molecule has 0 saturated heterocycles. The fourth-order valence-electron chi connectivity index (χ4n) is 1.16. The van der Waals surface area contributed by atoms with Crippen LogP contribution in [0.4, 0.5) is 0 Å². The van der Waals surface area contributed by atoms with Crippen LogP contribution < -0.4 is 0 Å². The molecular formula is C9H18O4. The summed E-state index contributed by atoms with van der Waals surface area (Å²) in [4.78, 5) is 11.3. The molecule has 0 aromatic carbocycles. The molecule has 0 heterocycles. The molecule has 13 heavy (non-hydrogen) atoms. The van der Waals surface area contributed by atoms with Gasteiger partial charge in [0.05, 0.1) is 13.2 Å². The van der Waals surface area contributed by atoms with Gasteiger partial charge in [0.1, 0.15) is 0 Å². The van der Waals surface area contributed by atoms with E-state index < -0.39 is 17.7 Å². The van der Waals surface area contributed by atoms with Gasteiger partial charge in [-0.3, -0.25) is 0 Å². The molecular weight excluding hydrogens is 172 g/mol. The van der Waals surface area contributed by atoms with E-state index in [1.807, 2.05) is 13.8 Å². The Kier molecular flexibility index (Phi) is 4.36. The zero-order valence-electron chi connectivity index (χ0n) is 8.83. The molecule has 0 aliphatic rings. The molecule has 2 atom stereocenters. The van der Waals surface area contributed by atoms with Gasteiger partial charge in [-0.2, -0.15) is 0 Å². The highest BCUT2D eigenvalue weighted by Crippen LogP contribution is 2.22. The van der Waals surface area contributed by atoms with Crippen LogP contribution in [-0.2, 0) is 14.3 Å². The van der Waals surface area contributed by atoms with Crippen molar-refractivity contribution in [1.29, 1.82) is 0 Å². The Hall–Kier alpha value is -0.610. The third-order valence-corrected chi connectivity index (χ3v) is 2.21. The van der Waals surface area contributed by atoms with Crippen molar-refractivity contribution in [3.63, 3.8) is 0 Å². The van der Waals surface area contributed by atoms with Crippen LogP contribution in [0.5, 0.6) is 0 Å². The summed E-state index contributed by atoms with van der Waals surface area (Å²) in [5.74, 6) is -0.625. The van der Waals surface area contributed by atoms with Crippen molar-refractivity contribution < 1.29 is 19.4 Å². The number of esters is 1. The smallest absolute Gasteiger partial charge is 0.340 e. The molecule has 0 spiro atoms. The van der Waals surface area contributed by atoms with Crippen LogP contribution >= 0.6 is 0 Å². The van der Waals surface area contributed by atoms with Gasteiger partial charge in [-0.05, 0) is 12.8 Å².